The summed E-state index contributed by atoms with van der Waals surface area (Å²) in [6.07, 6.45) is -6.32. The molecule has 196 valence electrons. The van der Waals surface area contributed by atoms with Crippen molar-refractivity contribution < 1.29 is 51.8 Å². The van der Waals surface area contributed by atoms with Crippen LogP contribution in [0.25, 0.3) is 0 Å². The molecule has 5 N–H and O–H groups in total. The smallest absolute Gasteiger partial charge is 0.471 e. The monoisotopic (exact) mass is 554 g/mol. The Morgan fingerprint density at radius 3 is 2.67 bits per heavy atom. The van der Waals surface area contributed by atoms with Crippen LogP contribution in [0.2, 0.25) is 0 Å². The molecule has 2 unspecified atom stereocenters. The number of carbonyl (C=O) groups is 5. The number of thioether (sulfide) groups is 1. The van der Waals surface area contributed by atoms with Crippen LogP contribution >= 0.6 is 23.1 Å². The van der Waals surface area contributed by atoms with Crippen molar-refractivity contribution in [1.82, 2.24) is 15.2 Å². The lowest BCUT2D eigenvalue weighted by atomic mass is 9.88. The SMILES string of the molecule is CON=C(C(=O)NC1C(=O)N2CC(COC(N)=O)(C(=O)O)CS[C@H]12)c1csc(NC(=O)C(F)(F)F)n1. The molecular formula is C17H17F3N6O8S2. The number of primary amides is 1. The average Bonchev–Trinajstić information content (AvgIpc) is 3.26. The van der Waals surface area contributed by atoms with Gasteiger partial charge in [-0.1, -0.05) is 5.16 Å². The number of hydrogen-bond acceptors (Lipinski definition) is 11. The molecule has 0 spiro atoms. The van der Waals surface area contributed by atoms with E-state index in [1.165, 1.54) is 4.90 Å². The fourth-order valence-corrected chi connectivity index (χ4v) is 5.44. The molecule has 1 aromatic rings. The predicted molar refractivity (Wildman–Crippen MR) is 116 cm³/mol. The Labute approximate surface area is 207 Å². The number of nitrogens with two attached hydrogens (primary N) is 1. The first kappa shape index (κ1) is 27.0. The van der Waals surface area contributed by atoms with E-state index in [0.717, 1.165) is 24.3 Å². The highest BCUT2D eigenvalue weighted by Gasteiger charge is 2.58. The number of rotatable bonds is 8. The summed E-state index contributed by atoms with van der Waals surface area (Å²) in [5.41, 5.74) is 2.60. The van der Waals surface area contributed by atoms with Gasteiger partial charge in [0.05, 0.1) is 0 Å². The van der Waals surface area contributed by atoms with Crippen molar-refractivity contribution in [3.05, 3.63) is 11.1 Å². The summed E-state index contributed by atoms with van der Waals surface area (Å²) in [6.45, 7) is -0.855. The number of thiazole rings is 1. The summed E-state index contributed by atoms with van der Waals surface area (Å²) < 4.78 is 42.0. The molecule has 2 aliphatic rings. The van der Waals surface area contributed by atoms with Crippen LogP contribution in [0.1, 0.15) is 5.69 Å². The molecule has 3 atom stereocenters. The van der Waals surface area contributed by atoms with E-state index in [-0.39, 0.29) is 18.0 Å². The molecule has 4 amide bonds. The van der Waals surface area contributed by atoms with E-state index in [1.54, 1.807) is 5.32 Å². The number of oxime groups is 1. The first-order valence-corrected chi connectivity index (χ1v) is 11.6. The molecule has 36 heavy (non-hydrogen) atoms. The first-order chi connectivity index (χ1) is 16.8. The molecular weight excluding hydrogens is 537 g/mol. The Morgan fingerprint density at radius 2 is 2.08 bits per heavy atom. The number of amides is 4. The van der Waals surface area contributed by atoms with Gasteiger partial charge in [0, 0.05) is 17.7 Å². The number of ether oxygens (including phenoxy) is 1. The van der Waals surface area contributed by atoms with E-state index < -0.39 is 70.2 Å². The lowest BCUT2D eigenvalue weighted by Crippen LogP contribution is -2.74. The van der Waals surface area contributed by atoms with Crippen molar-refractivity contribution in [2.24, 2.45) is 16.3 Å². The quantitative estimate of drug-likeness (QED) is 0.185. The zero-order chi connectivity index (χ0) is 26.8. The molecule has 2 saturated heterocycles. The van der Waals surface area contributed by atoms with E-state index in [1.807, 2.05) is 0 Å². The second-order valence-corrected chi connectivity index (χ2v) is 9.39. The molecule has 3 heterocycles. The fraction of sp³-hybridized carbons (Fsp3) is 0.471. The molecule has 14 nitrogen and oxygen atoms in total. The van der Waals surface area contributed by atoms with Crippen LogP contribution in [0.3, 0.4) is 0 Å². The first-order valence-electron chi connectivity index (χ1n) is 9.63. The molecule has 0 saturated carbocycles. The Hall–Kier alpha value is -3.61. The Kier molecular flexibility index (Phi) is 7.62. The summed E-state index contributed by atoms with van der Waals surface area (Å²) in [5, 5.41) is 17.1. The molecule has 0 bridgehead atoms. The van der Waals surface area contributed by atoms with Crippen LogP contribution < -0.4 is 16.4 Å². The zero-order valence-corrected chi connectivity index (χ0v) is 19.7. The van der Waals surface area contributed by atoms with Crippen molar-refractivity contribution in [1.29, 1.82) is 0 Å². The van der Waals surface area contributed by atoms with Crippen molar-refractivity contribution in [2.75, 3.05) is 31.3 Å². The fourth-order valence-electron chi connectivity index (χ4n) is 3.23. The highest BCUT2D eigenvalue weighted by Crippen LogP contribution is 2.42. The number of carboxylic acid groups (broad SMARTS) is 1. The molecule has 0 aromatic carbocycles. The Morgan fingerprint density at radius 1 is 1.39 bits per heavy atom. The van der Waals surface area contributed by atoms with Gasteiger partial charge in [-0.3, -0.25) is 24.5 Å². The average molecular weight is 554 g/mol. The minimum atomic E-state index is -5.15. The van der Waals surface area contributed by atoms with Gasteiger partial charge in [0.1, 0.15) is 36.2 Å². The summed E-state index contributed by atoms with van der Waals surface area (Å²) in [6, 6.07) is -1.09. The van der Waals surface area contributed by atoms with Crippen LogP contribution in [-0.4, -0.2) is 94.1 Å². The number of aromatic nitrogens is 1. The number of nitrogens with zero attached hydrogens (tertiary/aromatic N) is 3. The molecule has 0 radical (unpaired) electrons. The zero-order valence-electron chi connectivity index (χ0n) is 18.0. The van der Waals surface area contributed by atoms with Crippen molar-refractivity contribution in [2.45, 2.75) is 17.6 Å². The molecule has 1 aromatic heterocycles. The molecule has 2 fully saturated rings. The van der Waals surface area contributed by atoms with Crippen LogP contribution in [-0.2, 0) is 28.8 Å². The minimum Gasteiger partial charge on any atom is -0.481 e. The molecule has 0 aliphatic carbocycles. The lowest BCUT2D eigenvalue weighted by molar-refractivity contribution is -0.167. The molecule has 2 aliphatic heterocycles. The number of hydrogen-bond donors (Lipinski definition) is 4. The van der Waals surface area contributed by atoms with Gasteiger partial charge in [0.2, 0.25) is 5.91 Å². The molecule has 19 heteroatoms. The number of nitrogens with one attached hydrogen (secondary N) is 2. The standard InChI is InChI=1S/C17H17F3N6O8S2/c1-33-25-7(6-2-35-15(22-6)24-12(29)17(18,19)20)9(27)23-8-10(28)26-3-16(13(30)31,4-34-14(21)32)5-36-11(8)26/h2,8,11H,3-5H2,1H3,(H2,21,32)(H,23,27)(H,30,31)(H,22,24,29)/t8?,11-,16?/m1/s1. The van der Waals surface area contributed by atoms with Crippen LogP contribution in [0.15, 0.2) is 10.5 Å². The number of halogens is 3. The Balaban J connectivity index is 1.68. The number of anilines is 1. The van der Waals surface area contributed by atoms with Gasteiger partial charge >= 0.3 is 24.1 Å². The maximum atomic E-state index is 12.8. The van der Waals surface area contributed by atoms with E-state index in [0.29, 0.717) is 11.3 Å². The highest BCUT2D eigenvalue weighted by molar-refractivity contribution is 8.00. The van der Waals surface area contributed by atoms with Gasteiger partial charge < -0.3 is 30.6 Å². The van der Waals surface area contributed by atoms with Gasteiger partial charge in [0.15, 0.2) is 10.8 Å². The second kappa shape index (κ2) is 10.2. The normalized spacial score (nSPS) is 23.7. The maximum Gasteiger partial charge on any atom is 0.471 e. The van der Waals surface area contributed by atoms with Gasteiger partial charge in [-0.2, -0.15) is 13.2 Å². The number of aliphatic carboxylic acids is 1. The summed E-state index contributed by atoms with van der Waals surface area (Å²) in [5.74, 6) is -5.21. The number of alkyl halides is 3. The van der Waals surface area contributed by atoms with Gasteiger partial charge in [0.25, 0.3) is 5.91 Å². The number of carboxylic acids is 1. The van der Waals surface area contributed by atoms with E-state index in [4.69, 9.17) is 5.73 Å². The number of carbonyl (C=O) groups excluding carboxylic acids is 4. The summed E-state index contributed by atoms with van der Waals surface area (Å²) >= 11 is 1.62. The number of β-lactam (4-membered cyclic amide) rings is 1. The van der Waals surface area contributed by atoms with E-state index >= 15 is 0 Å². The third-order valence-corrected chi connectivity index (χ3v) is 7.34. The Bertz CT molecular complexity index is 1130. The van der Waals surface area contributed by atoms with Crippen molar-refractivity contribution in [3.8, 4) is 0 Å². The topological polar surface area (TPSA) is 203 Å². The largest absolute Gasteiger partial charge is 0.481 e. The van der Waals surface area contributed by atoms with Crippen LogP contribution in [0, 0.1) is 5.41 Å². The minimum absolute atomic E-state index is 0.0657. The maximum absolute atomic E-state index is 12.8. The van der Waals surface area contributed by atoms with Crippen LogP contribution in [0.5, 0.6) is 0 Å². The summed E-state index contributed by atoms with van der Waals surface area (Å²) in [4.78, 5) is 68.7. The third-order valence-electron chi connectivity index (χ3n) is 5.00. The highest BCUT2D eigenvalue weighted by atomic mass is 32.2. The lowest BCUT2D eigenvalue weighted by Gasteiger charge is -2.53. The van der Waals surface area contributed by atoms with Gasteiger partial charge in [-0.15, -0.1) is 23.1 Å². The number of fused-ring (bicyclic) bond motifs is 1. The predicted octanol–water partition coefficient (Wildman–Crippen LogP) is -0.439. The van der Waals surface area contributed by atoms with E-state index in [9.17, 15) is 42.3 Å². The third kappa shape index (κ3) is 5.45. The van der Waals surface area contributed by atoms with Crippen molar-refractivity contribution in [3.63, 3.8) is 0 Å². The van der Waals surface area contributed by atoms with Crippen molar-refractivity contribution >= 4 is 63.7 Å². The summed E-state index contributed by atoms with van der Waals surface area (Å²) in [7, 11) is 1.10. The van der Waals surface area contributed by atoms with Crippen LogP contribution in [0.4, 0.5) is 23.1 Å². The van der Waals surface area contributed by atoms with E-state index in [2.05, 4.69) is 25.0 Å². The van der Waals surface area contributed by atoms with Gasteiger partial charge in [-0.05, 0) is 0 Å². The van der Waals surface area contributed by atoms with Gasteiger partial charge in [-0.25, -0.2) is 9.78 Å². The second-order valence-electron chi connectivity index (χ2n) is 7.42. The molecule has 3 rings (SSSR count).